The molecular weight excluding hydrogens is 320 g/mol. The van der Waals surface area contributed by atoms with E-state index in [1.165, 1.54) is 19.3 Å². The third kappa shape index (κ3) is 5.26. The molecule has 1 atom stereocenters. The molecule has 0 radical (unpaired) electrons. The van der Waals surface area contributed by atoms with Gasteiger partial charge in [0.1, 0.15) is 5.75 Å². The van der Waals surface area contributed by atoms with E-state index in [2.05, 4.69) is 17.1 Å². The molecule has 1 aromatic carbocycles. The van der Waals surface area contributed by atoms with Crippen LogP contribution in [0.5, 0.6) is 17.2 Å². The molecule has 25 heavy (non-hydrogen) atoms. The van der Waals surface area contributed by atoms with E-state index in [4.69, 9.17) is 14.2 Å². The van der Waals surface area contributed by atoms with E-state index >= 15 is 0 Å². The third-order valence-corrected chi connectivity index (χ3v) is 4.81. The number of piperidine rings is 1. The molecule has 1 saturated heterocycles. The van der Waals surface area contributed by atoms with Gasteiger partial charge in [-0.15, -0.1) is 0 Å². The third-order valence-electron chi connectivity index (χ3n) is 4.81. The van der Waals surface area contributed by atoms with Crippen LogP contribution in [0.4, 0.5) is 0 Å². The Morgan fingerprint density at radius 3 is 2.48 bits per heavy atom. The molecule has 1 aliphatic rings. The van der Waals surface area contributed by atoms with Crippen molar-refractivity contribution in [2.75, 3.05) is 41.0 Å². The number of nitrogens with zero attached hydrogens (tertiary/aromatic N) is 1. The van der Waals surface area contributed by atoms with Crippen molar-refractivity contribution in [2.45, 2.75) is 32.7 Å². The minimum absolute atomic E-state index is 0.0357. The van der Waals surface area contributed by atoms with Gasteiger partial charge >= 0.3 is 0 Å². The molecule has 1 amide bonds. The summed E-state index contributed by atoms with van der Waals surface area (Å²) < 4.78 is 16.0. The van der Waals surface area contributed by atoms with Gasteiger partial charge in [0.15, 0.2) is 11.5 Å². The molecule has 1 heterocycles. The largest absolute Gasteiger partial charge is 0.496 e. The molecule has 1 aliphatic heterocycles. The summed E-state index contributed by atoms with van der Waals surface area (Å²) in [6, 6.07) is 3.61. The van der Waals surface area contributed by atoms with Crippen LogP contribution in [0.15, 0.2) is 12.1 Å². The monoisotopic (exact) mass is 350 g/mol. The average Bonchev–Trinajstić information content (AvgIpc) is 2.65. The van der Waals surface area contributed by atoms with Crippen molar-refractivity contribution in [2.24, 2.45) is 5.92 Å². The Bertz CT molecular complexity index is 577. The van der Waals surface area contributed by atoms with Crippen molar-refractivity contribution in [3.63, 3.8) is 0 Å². The highest BCUT2D eigenvalue weighted by Gasteiger charge is 2.20. The molecule has 1 fully saturated rings. The van der Waals surface area contributed by atoms with E-state index in [-0.39, 0.29) is 5.91 Å². The van der Waals surface area contributed by atoms with Crippen LogP contribution >= 0.6 is 0 Å². The Morgan fingerprint density at radius 2 is 1.84 bits per heavy atom. The molecule has 0 spiro atoms. The summed E-state index contributed by atoms with van der Waals surface area (Å²) in [4.78, 5) is 14.6. The molecule has 0 aromatic heterocycles. The molecule has 6 nitrogen and oxygen atoms in total. The molecule has 0 saturated carbocycles. The second-order valence-electron chi connectivity index (χ2n) is 6.45. The number of hydrogen-bond donors (Lipinski definition) is 1. The van der Waals surface area contributed by atoms with Gasteiger partial charge in [-0.05, 0) is 31.4 Å². The van der Waals surface area contributed by atoms with Crippen LogP contribution in [0.1, 0.15) is 31.7 Å². The fraction of sp³-hybridized carbons (Fsp3) is 0.632. The number of methoxy groups -OCH3 is 3. The van der Waals surface area contributed by atoms with Crippen molar-refractivity contribution >= 4 is 5.91 Å². The van der Waals surface area contributed by atoms with Gasteiger partial charge < -0.3 is 19.5 Å². The topological polar surface area (TPSA) is 60.0 Å². The predicted molar refractivity (Wildman–Crippen MR) is 97.4 cm³/mol. The van der Waals surface area contributed by atoms with Crippen LogP contribution in [0.2, 0.25) is 0 Å². The number of rotatable bonds is 8. The van der Waals surface area contributed by atoms with E-state index < -0.39 is 0 Å². The molecule has 6 heteroatoms. The highest BCUT2D eigenvalue weighted by Crippen LogP contribution is 2.34. The summed E-state index contributed by atoms with van der Waals surface area (Å²) in [7, 11) is 4.78. The first-order valence-corrected chi connectivity index (χ1v) is 8.89. The zero-order valence-corrected chi connectivity index (χ0v) is 15.8. The van der Waals surface area contributed by atoms with Gasteiger partial charge in [0.2, 0.25) is 5.91 Å². The maximum Gasteiger partial charge on any atom is 0.234 e. The first kappa shape index (κ1) is 19.4. The number of amides is 1. The van der Waals surface area contributed by atoms with E-state index in [0.29, 0.717) is 36.3 Å². The molecule has 1 unspecified atom stereocenters. The van der Waals surface area contributed by atoms with Crippen LogP contribution in [-0.2, 0) is 11.3 Å². The minimum atomic E-state index is 0.0357. The van der Waals surface area contributed by atoms with Crippen LogP contribution in [0.3, 0.4) is 0 Å². The van der Waals surface area contributed by atoms with Gasteiger partial charge in [-0.1, -0.05) is 13.3 Å². The van der Waals surface area contributed by atoms with Crippen LogP contribution < -0.4 is 19.5 Å². The Balaban J connectivity index is 1.94. The zero-order chi connectivity index (χ0) is 18.2. The maximum absolute atomic E-state index is 12.3. The second kappa shape index (κ2) is 9.51. The predicted octanol–water partition coefficient (Wildman–Crippen LogP) is 2.45. The van der Waals surface area contributed by atoms with E-state index in [0.717, 1.165) is 18.7 Å². The molecule has 1 N–H and O–H groups in total. The molecule has 0 bridgehead atoms. The highest BCUT2D eigenvalue weighted by atomic mass is 16.5. The van der Waals surface area contributed by atoms with E-state index in [1.807, 2.05) is 6.07 Å². The standard InChI is InChI=1S/C19H30N2O4/c1-5-14-7-6-8-21(12-14)13-19(22)20-11-15-9-17(24-3)18(25-4)10-16(15)23-2/h9-10,14H,5-8,11-13H2,1-4H3,(H,20,22). The number of nitrogens with one attached hydrogen (secondary N) is 1. The molecule has 140 valence electrons. The summed E-state index contributed by atoms with van der Waals surface area (Å²) in [5.74, 6) is 2.64. The average molecular weight is 350 g/mol. The lowest BCUT2D eigenvalue weighted by molar-refractivity contribution is -0.122. The van der Waals surface area contributed by atoms with Crippen LogP contribution in [-0.4, -0.2) is 51.8 Å². The maximum atomic E-state index is 12.3. The zero-order valence-electron chi connectivity index (χ0n) is 15.8. The number of carbonyl (C=O) groups is 1. The summed E-state index contributed by atoms with van der Waals surface area (Å²) >= 11 is 0. The normalized spacial score (nSPS) is 17.8. The minimum Gasteiger partial charge on any atom is -0.496 e. The Labute approximate surface area is 150 Å². The summed E-state index contributed by atoms with van der Waals surface area (Å²) in [5.41, 5.74) is 0.860. The second-order valence-corrected chi connectivity index (χ2v) is 6.45. The lowest BCUT2D eigenvalue weighted by Gasteiger charge is -2.31. The SMILES string of the molecule is CCC1CCCN(CC(=O)NCc2cc(OC)c(OC)cc2OC)C1. The van der Waals surface area contributed by atoms with Crippen LogP contribution in [0, 0.1) is 5.92 Å². The van der Waals surface area contributed by atoms with Crippen molar-refractivity contribution in [1.82, 2.24) is 10.2 Å². The van der Waals surface area contributed by atoms with Gasteiger partial charge in [-0.2, -0.15) is 0 Å². The number of carbonyl (C=O) groups excluding carboxylic acids is 1. The quantitative estimate of drug-likeness (QED) is 0.780. The lowest BCUT2D eigenvalue weighted by atomic mass is 9.96. The van der Waals surface area contributed by atoms with Gasteiger partial charge in [0, 0.05) is 24.7 Å². The summed E-state index contributed by atoms with van der Waals surface area (Å²) in [6.45, 7) is 5.09. The summed E-state index contributed by atoms with van der Waals surface area (Å²) in [6.07, 6.45) is 3.63. The first-order valence-electron chi connectivity index (χ1n) is 8.89. The Hall–Kier alpha value is -1.95. The lowest BCUT2D eigenvalue weighted by Crippen LogP contribution is -2.42. The van der Waals surface area contributed by atoms with Crippen molar-refractivity contribution < 1.29 is 19.0 Å². The van der Waals surface area contributed by atoms with E-state index in [9.17, 15) is 4.79 Å². The fourth-order valence-corrected chi connectivity index (χ4v) is 3.31. The van der Waals surface area contributed by atoms with E-state index in [1.54, 1.807) is 27.4 Å². The molecule has 1 aromatic rings. The molecular formula is C19H30N2O4. The number of hydrogen-bond acceptors (Lipinski definition) is 5. The van der Waals surface area contributed by atoms with Gasteiger partial charge in [0.05, 0.1) is 27.9 Å². The van der Waals surface area contributed by atoms with Gasteiger partial charge in [-0.3, -0.25) is 9.69 Å². The smallest absolute Gasteiger partial charge is 0.234 e. The molecule has 0 aliphatic carbocycles. The Morgan fingerprint density at radius 1 is 1.16 bits per heavy atom. The van der Waals surface area contributed by atoms with Crippen molar-refractivity contribution in [3.05, 3.63) is 17.7 Å². The number of benzene rings is 1. The van der Waals surface area contributed by atoms with Crippen LogP contribution in [0.25, 0.3) is 0 Å². The van der Waals surface area contributed by atoms with Crippen molar-refractivity contribution in [3.8, 4) is 17.2 Å². The number of ether oxygens (including phenoxy) is 3. The molecule has 2 rings (SSSR count). The first-order chi connectivity index (χ1) is 12.1. The fourth-order valence-electron chi connectivity index (χ4n) is 3.31. The number of likely N-dealkylation sites (tertiary alicyclic amines) is 1. The van der Waals surface area contributed by atoms with Gasteiger partial charge in [0.25, 0.3) is 0 Å². The van der Waals surface area contributed by atoms with Gasteiger partial charge in [-0.25, -0.2) is 0 Å². The Kier molecular flexibility index (Phi) is 7.37. The summed E-state index contributed by atoms with van der Waals surface area (Å²) in [5, 5.41) is 2.99. The van der Waals surface area contributed by atoms with Crippen molar-refractivity contribution in [1.29, 1.82) is 0 Å². The highest BCUT2D eigenvalue weighted by molar-refractivity contribution is 5.78.